The second kappa shape index (κ2) is 4.89. The molecule has 0 saturated carbocycles. The summed E-state index contributed by atoms with van der Waals surface area (Å²) >= 11 is 5.67. The standard InChI is InChI=1S/C10H10ClNO3/c1-7(13)4-9-5-10(12(14)15)3-2-8(9)6-11/h2-3,5H,4,6H2,1H3. The van der Waals surface area contributed by atoms with Crippen molar-refractivity contribution >= 4 is 23.1 Å². The lowest BCUT2D eigenvalue weighted by Gasteiger charge is -2.04. The van der Waals surface area contributed by atoms with Crippen LogP contribution in [-0.2, 0) is 17.1 Å². The first kappa shape index (κ1) is 11.7. The van der Waals surface area contributed by atoms with Crippen LogP contribution in [0.2, 0.25) is 0 Å². The van der Waals surface area contributed by atoms with E-state index < -0.39 is 4.92 Å². The van der Waals surface area contributed by atoms with E-state index in [4.69, 9.17) is 11.6 Å². The number of carbonyl (C=O) groups excluding carboxylic acids is 1. The number of Topliss-reactive ketones (excluding diaryl/α,β-unsaturated/α-hetero) is 1. The van der Waals surface area contributed by atoms with E-state index in [9.17, 15) is 14.9 Å². The lowest BCUT2D eigenvalue weighted by atomic mass is 10.0. The molecule has 0 aliphatic rings. The summed E-state index contributed by atoms with van der Waals surface area (Å²) in [5.74, 6) is 0.211. The average Bonchev–Trinajstić information content (AvgIpc) is 2.16. The first-order valence-electron chi connectivity index (χ1n) is 4.36. The highest BCUT2D eigenvalue weighted by molar-refractivity contribution is 6.17. The van der Waals surface area contributed by atoms with E-state index in [1.54, 1.807) is 6.07 Å². The fraction of sp³-hybridized carbons (Fsp3) is 0.300. The summed E-state index contributed by atoms with van der Waals surface area (Å²) in [6.07, 6.45) is 0.184. The van der Waals surface area contributed by atoms with Gasteiger partial charge in [0.2, 0.25) is 0 Å². The van der Waals surface area contributed by atoms with Crippen molar-refractivity contribution < 1.29 is 9.72 Å². The lowest BCUT2D eigenvalue weighted by Crippen LogP contribution is -2.01. The van der Waals surface area contributed by atoms with Crippen molar-refractivity contribution in [3.8, 4) is 0 Å². The Morgan fingerprint density at radius 3 is 2.60 bits per heavy atom. The number of halogens is 1. The summed E-state index contributed by atoms with van der Waals surface area (Å²) in [6.45, 7) is 1.44. The predicted octanol–water partition coefficient (Wildman–Crippen LogP) is 2.47. The molecule has 0 atom stereocenters. The molecule has 0 unspecified atom stereocenters. The van der Waals surface area contributed by atoms with Crippen molar-refractivity contribution in [1.82, 2.24) is 0 Å². The predicted molar refractivity (Wildman–Crippen MR) is 57.0 cm³/mol. The van der Waals surface area contributed by atoms with Crippen LogP contribution >= 0.6 is 11.6 Å². The third-order valence-electron chi connectivity index (χ3n) is 1.98. The minimum Gasteiger partial charge on any atom is -0.300 e. The molecule has 1 rings (SSSR count). The first-order valence-corrected chi connectivity index (χ1v) is 4.89. The van der Waals surface area contributed by atoms with Crippen molar-refractivity contribution in [2.24, 2.45) is 0 Å². The summed E-state index contributed by atoms with van der Waals surface area (Å²) in [6, 6.07) is 4.38. The molecular formula is C10H10ClNO3. The van der Waals surface area contributed by atoms with Gasteiger partial charge in [-0.05, 0) is 18.1 Å². The zero-order valence-electron chi connectivity index (χ0n) is 8.20. The van der Waals surface area contributed by atoms with Gasteiger partial charge in [0.1, 0.15) is 5.78 Å². The highest BCUT2D eigenvalue weighted by Gasteiger charge is 2.11. The number of carbonyl (C=O) groups is 1. The second-order valence-electron chi connectivity index (χ2n) is 3.22. The molecule has 80 valence electrons. The van der Waals surface area contributed by atoms with Gasteiger partial charge in [-0.3, -0.25) is 14.9 Å². The minimum atomic E-state index is -0.484. The maximum absolute atomic E-state index is 10.9. The van der Waals surface area contributed by atoms with Crippen LogP contribution in [0, 0.1) is 10.1 Å². The normalized spacial score (nSPS) is 10.0. The van der Waals surface area contributed by atoms with E-state index in [1.807, 2.05) is 0 Å². The Morgan fingerprint density at radius 2 is 2.13 bits per heavy atom. The van der Waals surface area contributed by atoms with Crippen molar-refractivity contribution in [3.05, 3.63) is 39.4 Å². The number of nitro groups is 1. The molecule has 1 aromatic carbocycles. The Balaban J connectivity index is 3.12. The zero-order chi connectivity index (χ0) is 11.4. The van der Waals surface area contributed by atoms with Gasteiger partial charge in [0.15, 0.2) is 0 Å². The first-order chi connectivity index (χ1) is 7.04. The summed E-state index contributed by atoms with van der Waals surface area (Å²) in [5, 5.41) is 10.5. The molecule has 4 nitrogen and oxygen atoms in total. The Bertz CT molecular complexity index is 404. The Hall–Kier alpha value is -1.42. The topological polar surface area (TPSA) is 60.2 Å². The highest BCUT2D eigenvalue weighted by Crippen LogP contribution is 2.20. The van der Waals surface area contributed by atoms with E-state index in [-0.39, 0.29) is 23.8 Å². The fourth-order valence-electron chi connectivity index (χ4n) is 1.29. The quantitative estimate of drug-likeness (QED) is 0.451. The van der Waals surface area contributed by atoms with Gasteiger partial charge < -0.3 is 0 Å². The maximum Gasteiger partial charge on any atom is 0.269 e. The molecule has 0 saturated heterocycles. The van der Waals surface area contributed by atoms with Gasteiger partial charge in [0, 0.05) is 24.4 Å². The second-order valence-corrected chi connectivity index (χ2v) is 3.49. The van der Waals surface area contributed by atoms with Gasteiger partial charge in [-0.25, -0.2) is 0 Å². The summed E-state index contributed by atoms with van der Waals surface area (Å²) in [7, 11) is 0. The van der Waals surface area contributed by atoms with Gasteiger partial charge in [-0.1, -0.05) is 6.07 Å². The monoisotopic (exact) mass is 227 g/mol. The molecule has 0 aliphatic carbocycles. The molecule has 0 radical (unpaired) electrons. The van der Waals surface area contributed by atoms with E-state index >= 15 is 0 Å². The molecule has 0 amide bonds. The van der Waals surface area contributed by atoms with Crippen LogP contribution in [-0.4, -0.2) is 10.7 Å². The summed E-state index contributed by atoms with van der Waals surface area (Å²) in [4.78, 5) is 21.0. The van der Waals surface area contributed by atoms with E-state index in [2.05, 4.69) is 0 Å². The Morgan fingerprint density at radius 1 is 1.47 bits per heavy atom. The fourth-order valence-corrected chi connectivity index (χ4v) is 1.55. The summed E-state index contributed by atoms with van der Waals surface area (Å²) < 4.78 is 0. The molecule has 0 spiro atoms. The third-order valence-corrected chi connectivity index (χ3v) is 2.27. The molecule has 0 bridgehead atoms. The van der Waals surface area contributed by atoms with E-state index in [0.717, 1.165) is 5.56 Å². The zero-order valence-corrected chi connectivity index (χ0v) is 8.95. The van der Waals surface area contributed by atoms with Crippen molar-refractivity contribution in [2.75, 3.05) is 0 Å². The molecule has 0 aliphatic heterocycles. The number of nitrogens with zero attached hydrogens (tertiary/aromatic N) is 1. The van der Waals surface area contributed by atoms with Crippen LogP contribution in [0.25, 0.3) is 0 Å². The molecule has 15 heavy (non-hydrogen) atoms. The number of non-ortho nitro benzene ring substituents is 1. The van der Waals surface area contributed by atoms with Crippen molar-refractivity contribution in [2.45, 2.75) is 19.2 Å². The molecule has 0 N–H and O–H groups in total. The Labute approximate surface area is 92.0 Å². The van der Waals surface area contributed by atoms with Crippen LogP contribution in [0.1, 0.15) is 18.1 Å². The van der Waals surface area contributed by atoms with Gasteiger partial charge in [0.05, 0.1) is 4.92 Å². The maximum atomic E-state index is 10.9. The van der Waals surface area contributed by atoms with E-state index in [0.29, 0.717) is 5.56 Å². The molecule has 0 aromatic heterocycles. The minimum absolute atomic E-state index is 0.0138. The largest absolute Gasteiger partial charge is 0.300 e. The molecule has 1 aromatic rings. The number of nitro benzene ring substituents is 1. The van der Waals surface area contributed by atoms with Crippen LogP contribution in [0.15, 0.2) is 18.2 Å². The lowest BCUT2D eigenvalue weighted by molar-refractivity contribution is -0.384. The van der Waals surface area contributed by atoms with Gasteiger partial charge >= 0.3 is 0 Å². The number of rotatable bonds is 4. The van der Waals surface area contributed by atoms with Gasteiger partial charge in [-0.2, -0.15) is 0 Å². The molecule has 0 heterocycles. The van der Waals surface area contributed by atoms with Crippen molar-refractivity contribution in [1.29, 1.82) is 0 Å². The third kappa shape index (κ3) is 3.02. The van der Waals surface area contributed by atoms with Crippen LogP contribution in [0.4, 0.5) is 5.69 Å². The van der Waals surface area contributed by atoms with Crippen LogP contribution < -0.4 is 0 Å². The number of alkyl halides is 1. The number of benzene rings is 1. The van der Waals surface area contributed by atoms with Gasteiger partial charge in [-0.15, -0.1) is 11.6 Å². The molecule has 5 heteroatoms. The number of hydrogen-bond donors (Lipinski definition) is 0. The van der Waals surface area contributed by atoms with Crippen molar-refractivity contribution in [3.63, 3.8) is 0 Å². The summed E-state index contributed by atoms with van der Waals surface area (Å²) in [5.41, 5.74) is 1.38. The SMILES string of the molecule is CC(=O)Cc1cc([N+](=O)[O-])ccc1CCl. The average molecular weight is 228 g/mol. The molecular weight excluding hydrogens is 218 g/mol. The smallest absolute Gasteiger partial charge is 0.269 e. The highest BCUT2D eigenvalue weighted by atomic mass is 35.5. The molecule has 0 fully saturated rings. The number of ketones is 1. The van der Waals surface area contributed by atoms with E-state index in [1.165, 1.54) is 19.1 Å². The van der Waals surface area contributed by atoms with Crippen LogP contribution in [0.3, 0.4) is 0 Å². The van der Waals surface area contributed by atoms with Gasteiger partial charge in [0.25, 0.3) is 5.69 Å². The number of hydrogen-bond acceptors (Lipinski definition) is 3. The Kier molecular flexibility index (Phi) is 3.80. The van der Waals surface area contributed by atoms with Crippen LogP contribution in [0.5, 0.6) is 0 Å².